The number of nitrogens with zero attached hydrogens (tertiary/aromatic N) is 1. The topological polar surface area (TPSA) is 41.6 Å². The van der Waals surface area contributed by atoms with Crippen molar-refractivity contribution in [2.75, 3.05) is 26.2 Å². The molecule has 3 rings (SSSR count). The van der Waals surface area contributed by atoms with Gasteiger partial charge >= 0.3 is 0 Å². The number of amides is 1. The van der Waals surface area contributed by atoms with Gasteiger partial charge in [-0.25, -0.2) is 0 Å². The average Bonchev–Trinajstić information content (AvgIpc) is 2.70. The van der Waals surface area contributed by atoms with Crippen molar-refractivity contribution in [3.05, 3.63) is 64.7 Å². The Morgan fingerprint density at radius 3 is 2.48 bits per heavy atom. The van der Waals surface area contributed by atoms with Gasteiger partial charge in [-0.15, -0.1) is 0 Å². The highest BCUT2D eigenvalue weighted by atomic mass is 35.5. The Bertz CT molecular complexity index is 742. The van der Waals surface area contributed by atoms with Crippen LogP contribution in [-0.2, 0) is 0 Å². The van der Waals surface area contributed by atoms with E-state index >= 15 is 0 Å². The first-order chi connectivity index (χ1) is 13.2. The Morgan fingerprint density at radius 1 is 1.11 bits per heavy atom. The average molecular weight is 387 g/mol. The molecule has 1 amide bonds. The van der Waals surface area contributed by atoms with Crippen LogP contribution in [0.25, 0.3) is 0 Å². The summed E-state index contributed by atoms with van der Waals surface area (Å²) in [5, 5.41) is 3.56. The second-order valence-electron chi connectivity index (χ2n) is 6.80. The van der Waals surface area contributed by atoms with Crippen LogP contribution >= 0.6 is 11.6 Å². The maximum atomic E-state index is 12.6. The van der Waals surface area contributed by atoms with Crippen LogP contribution < -0.4 is 10.1 Å². The molecule has 5 heteroatoms. The van der Waals surface area contributed by atoms with Crippen LogP contribution in [-0.4, -0.2) is 37.0 Å². The van der Waals surface area contributed by atoms with E-state index in [9.17, 15) is 4.79 Å². The third-order valence-electron chi connectivity index (χ3n) is 4.98. The minimum absolute atomic E-state index is 0.131. The van der Waals surface area contributed by atoms with Gasteiger partial charge in [0, 0.05) is 6.54 Å². The van der Waals surface area contributed by atoms with Crippen LogP contribution in [0.3, 0.4) is 0 Å². The van der Waals surface area contributed by atoms with Gasteiger partial charge in [-0.3, -0.25) is 9.69 Å². The molecule has 0 aliphatic carbocycles. The molecule has 2 aromatic carbocycles. The lowest BCUT2D eigenvalue weighted by molar-refractivity contribution is 0.0924. The maximum absolute atomic E-state index is 12.6. The molecule has 1 aliphatic rings. The predicted molar refractivity (Wildman–Crippen MR) is 110 cm³/mol. The fourth-order valence-electron chi connectivity index (χ4n) is 3.57. The molecule has 1 N–H and O–H groups in total. The number of benzene rings is 2. The molecule has 2 aromatic rings. The van der Waals surface area contributed by atoms with Gasteiger partial charge < -0.3 is 10.1 Å². The molecular formula is C22H27ClN2O2. The predicted octanol–water partition coefficient (Wildman–Crippen LogP) is 4.70. The normalized spacial score (nSPS) is 15.9. The largest absolute Gasteiger partial charge is 0.494 e. The van der Waals surface area contributed by atoms with Gasteiger partial charge in [-0.05, 0) is 62.7 Å². The summed E-state index contributed by atoms with van der Waals surface area (Å²) < 4.78 is 5.56. The number of hydrogen-bond acceptors (Lipinski definition) is 3. The van der Waals surface area contributed by atoms with Crippen molar-refractivity contribution in [2.24, 2.45) is 0 Å². The van der Waals surface area contributed by atoms with Crippen molar-refractivity contribution in [2.45, 2.75) is 32.2 Å². The van der Waals surface area contributed by atoms with E-state index in [1.807, 2.05) is 31.2 Å². The van der Waals surface area contributed by atoms with Crippen LogP contribution in [0.15, 0.2) is 48.5 Å². The number of hydrogen-bond donors (Lipinski definition) is 1. The summed E-state index contributed by atoms with van der Waals surface area (Å²) in [6.45, 7) is 5.30. The highest BCUT2D eigenvalue weighted by molar-refractivity contribution is 6.33. The lowest BCUT2D eigenvalue weighted by Gasteiger charge is -2.35. The molecular weight excluding hydrogens is 360 g/mol. The third kappa shape index (κ3) is 5.24. The molecule has 0 bridgehead atoms. The molecule has 1 saturated heterocycles. The van der Waals surface area contributed by atoms with E-state index in [4.69, 9.17) is 16.3 Å². The first-order valence-electron chi connectivity index (χ1n) is 9.68. The molecule has 1 fully saturated rings. The standard InChI is InChI=1S/C22H27ClN2O2/c1-2-27-18-12-10-17(11-13-18)21(25-14-6-3-7-15-25)16-24-22(26)19-8-4-5-9-20(19)23/h4-5,8-13,21H,2-3,6-7,14-16H2,1H3,(H,24,26). The Labute approximate surface area is 166 Å². The molecule has 0 radical (unpaired) electrons. The number of halogens is 1. The lowest BCUT2D eigenvalue weighted by atomic mass is 10.0. The Hall–Kier alpha value is -2.04. The molecule has 144 valence electrons. The van der Waals surface area contributed by atoms with E-state index < -0.39 is 0 Å². The summed E-state index contributed by atoms with van der Waals surface area (Å²) in [5.41, 5.74) is 1.71. The van der Waals surface area contributed by atoms with Crippen molar-refractivity contribution >= 4 is 17.5 Å². The highest BCUT2D eigenvalue weighted by Crippen LogP contribution is 2.26. The first-order valence-corrected chi connectivity index (χ1v) is 10.1. The molecule has 1 atom stereocenters. The second kappa shape index (κ2) is 9.77. The zero-order valence-corrected chi connectivity index (χ0v) is 16.5. The smallest absolute Gasteiger partial charge is 0.252 e. The molecule has 4 nitrogen and oxygen atoms in total. The summed E-state index contributed by atoms with van der Waals surface area (Å²) in [4.78, 5) is 15.1. The quantitative estimate of drug-likeness (QED) is 0.750. The fourth-order valence-corrected chi connectivity index (χ4v) is 3.79. The van der Waals surface area contributed by atoms with E-state index in [-0.39, 0.29) is 11.9 Å². The van der Waals surface area contributed by atoms with Crippen molar-refractivity contribution in [1.82, 2.24) is 10.2 Å². The van der Waals surface area contributed by atoms with E-state index in [1.165, 1.54) is 24.8 Å². The third-order valence-corrected chi connectivity index (χ3v) is 5.31. The van der Waals surface area contributed by atoms with Gasteiger partial charge in [0.05, 0.1) is 23.2 Å². The van der Waals surface area contributed by atoms with Crippen molar-refractivity contribution in [3.63, 3.8) is 0 Å². The Kier molecular flexibility index (Phi) is 7.13. The Morgan fingerprint density at radius 2 is 1.81 bits per heavy atom. The van der Waals surface area contributed by atoms with Crippen molar-refractivity contribution < 1.29 is 9.53 Å². The SMILES string of the molecule is CCOc1ccc(C(CNC(=O)c2ccccc2Cl)N2CCCCC2)cc1. The number of carbonyl (C=O) groups excluding carboxylic acids is 1. The van der Waals surface area contributed by atoms with Crippen molar-refractivity contribution in [3.8, 4) is 5.75 Å². The molecule has 27 heavy (non-hydrogen) atoms. The number of carbonyl (C=O) groups is 1. The van der Waals surface area contributed by atoms with E-state index in [2.05, 4.69) is 22.3 Å². The van der Waals surface area contributed by atoms with Crippen LogP contribution in [0.1, 0.15) is 48.1 Å². The van der Waals surface area contributed by atoms with Crippen molar-refractivity contribution in [1.29, 1.82) is 0 Å². The van der Waals surface area contributed by atoms with E-state index in [0.717, 1.165) is 18.8 Å². The highest BCUT2D eigenvalue weighted by Gasteiger charge is 2.23. The number of piperidine rings is 1. The molecule has 0 spiro atoms. The van der Waals surface area contributed by atoms with Gasteiger partial charge in [0.1, 0.15) is 5.75 Å². The molecule has 0 saturated carbocycles. The second-order valence-corrected chi connectivity index (χ2v) is 7.21. The van der Waals surface area contributed by atoms with Crippen LogP contribution in [0.2, 0.25) is 5.02 Å². The number of nitrogens with one attached hydrogen (secondary N) is 1. The van der Waals surface area contributed by atoms with Crippen LogP contribution in [0.4, 0.5) is 0 Å². The minimum Gasteiger partial charge on any atom is -0.494 e. The van der Waals surface area contributed by atoms with Crippen LogP contribution in [0.5, 0.6) is 5.75 Å². The van der Waals surface area contributed by atoms with Gasteiger partial charge in [0.25, 0.3) is 5.91 Å². The summed E-state index contributed by atoms with van der Waals surface area (Å²) in [6.07, 6.45) is 3.68. The van der Waals surface area contributed by atoms with E-state index in [0.29, 0.717) is 23.7 Å². The number of ether oxygens (including phenoxy) is 1. The minimum atomic E-state index is -0.131. The lowest BCUT2D eigenvalue weighted by Crippen LogP contribution is -2.40. The maximum Gasteiger partial charge on any atom is 0.252 e. The monoisotopic (exact) mass is 386 g/mol. The number of likely N-dealkylation sites (tertiary alicyclic amines) is 1. The zero-order chi connectivity index (χ0) is 19.1. The summed E-state index contributed by atoms with van der Waals surface area (Å²) in [5.74, 6) is 0.743. The van der Waals surface area contributed by atoms with Crippen LogP contribution in [0, 0.1) is 0 Å². The van der Waals surface area contributed by atoms with Gasteiger partial charge in [0.2, 0.25) is 0 Å². The zero-order valence-electron chi connectivity index (χ0n) is 15.8. The van der Waals surface area contributed by atoms with Gasteiger partial charge in [-0.2, -0.15) is 0 Å². The van der Waals surface area contributed by atoms with Gasteiger partial charge in [0.15, 0.2) is 0 Å². The molecule has 1 unspecified atom stereocenters. The number of rotatable bonds is 7. The first kappa shape index (κ1) is 19.7. The molecule has 0 aromatic heterocycles. The fraction of sp³-hybridized carbons (Fsp3) is 0.409. The Balaban J connectivity index is 1.73. The summed E-state index contributed by atoms with van der Waals surface area (Å²) in [6, 6.07) is 15.5. The summed E-state index contributed by atoms with van der Waals surface area (Å²) >= 11 is 6.16. The molecule has 1 heterocycles. The molecule has 1 aliphatic heterocycles. The summed E-state index contributed by atoms with van der Waals surface area (Å²) in [7, 11) is 0. The van der Waals surface area contributed by atoms with E-state index in [1.54, 1.807) is 12.1 Å². The van der Waals surface area contributed by atoms with Gasteiger partial charge in [-0.1, -0.05) is 42.3 Å².